The number of benzene rings is 1. The van der Waals surface area contributed by atoms with E-state index < -0.39 is 30.3 Å². The van der Waals surface area contributed by atoms with Crippen LogP contribution in [-0.4, -0.2) is 29.6 Å². The van der Waals surface area contributed by atoms with E-state index in [0.717, 1.165) is 12.1 Å². The molecule has 0 saturated heterocycles. The van der Waals surface area contributed by atoms with E-state index in [1.165, 1.54) is 6.07 Å². The van der Waals surface area contributed by atoms with Crippen LogP contribution < -0.4 is 10.1 Å². The maximum Gasteiger partial charge on any atom is 0.326 e. The van der Waals surface area contributed by atoms with Crippen molar-refractivity contribution in [1.82, 2.24) is 5.32 Å². The fourth-order valence-electron chi connectivity index (χ4n) is 1.52. The second kappa shape index (κ2) is 7.69. The zero-order chi connectivity index (χ0) is 15.1. The van der Waals surface area contributed by atoms with Gasteiger partial charge in [-0.05, 0) is 24.6 Å². The predicted octanol–water partition coefficient (Wildman–Crippen LogP) is 2.23. The van der Waals surface area contributed by atoms with Crippen LogP contribution in [0.5, 0.6) is 5.75 Å². The fraction of sp³-hybridized carbons (Fsp3) is 0.385. The van der Waals surface area contributed by atoms with Gasteiger partial charge in [-0.2, -0.15) is 0 Å². The lowest BCUT2D eigenvalue weighted by atomic mass is 10.2. The van der Waals surface area contributed by atoms with Gasteiger partial charge in [0.15, 0.2) is 6.61 Å². The van der Waals surface area contributed by atoms with E-state index in [-0.39, 0.29) is 10.8 Å². The second-order valence-electron chi connectivity index (χ2n) is 4.11. The normalized spacial score (nSPS) is 11.8. The van der Waals surface area contributed by atoms with Crippen LogP contribution in [-0.2, 0) is 9.59 Å². The predicted molar refractivity (Wildman–Crippen MR) is 71.4 cm³/mol. The number of aliphatic carboxylic acids is 1. The number of carboxylic acid groups (broad SMARTS) is 1. The summed E-state index contributed by atoms with van der Waals surface area (Å²) in [5.74, 6) is -2.03. The van der Waals surface area contributed by atoms with Crippen molar-refractivity contribution in [1.29, 1.82) is 0 Å². The van der Waals surface area contributed by atoms with Gasteiger partial charge in [-0.3, -0.25) is 4.79 Å². The summed E-state index contributed by atoms with van der Waals surface area (Å²) in [5, 5.41) is 11.3. The van der Waals surface area contributed by atoms with Gasteiger partial charge in [0.25, 0.3) is 5.91 Å². The molecular weight excluding hydrogens is 289 g/mol. The third-order valence-corrected chi connectivity index (χ3v) is 2.76. The van der Waals surface area contributed by atoms with Crippen LogP contribution in [0.2, 0.25) is 5.02 Å². The molecule has 0 heterocycles. The Kier molecular flexibility index (Phi) is 6.24. The van der Waals surface area contributed by atoms with Crippen molar-refractivity contribution in [2.24, 2.45) is 0 Å². The van der Waals surface area contributed by atoms with E-state index in [1.54, 1.807) is 0 Å². The first-order valence-corrected chi connectivity index (χ1v) is 6.41. The highest BCUT2D eigenvalue weighted by atomic mass is 35.5. The molecule has 1 amide bonds. The van der Waals surface area contributed by atoms with Crippen molar-refractivity contribution in [3.63, 3.8) is 0 Å². The maximum atomic E-state index is 12.8. The lowest BCUT2D eigenvalue weighted by Gasteiger charge is -2.14. The molecule has 0 radical (unpaired) electrons. The molecule has 20 heavy (non-hydrogen) atoms. The zero-order valence-electron chi connectivity index (χ0n) is 10.9. The SMILES string of the molecule is CCC[C@H](NC(=O)COc1ccc(F)cc1Cl)C(=O)O. The number of carbonyl (C=O) groups is 2. The molecule has 1 aromatic rings. The lowest BCUT2D eigenvalue weighted by molar-refractivity contribution is -0.142. The highest BCUT2D eigenvalue weighted by molar-refractivity contribution is 6.32. The van der Waals surface area contributed by atoms with Gasteiger partial charge in [0.2, 0.25) is 0 Å². The first-order valence-electron chi connectivity index (χ1n) is 6.04. The van der Waals surface area contributed by atoms with Crippen LogP contribution in [0.25, 0.3) is 0 Å². The summed E-state index contributed by atoms with van der Waals surface area (Å²) in [6.07, 6.45) is 0.959. The molecule has 0 aliphatic rings. The van der Waals surface area contributed by atoms with Crippen molar-refractivity contribution in [3.05, 3.63) is 29.0 Å². The Hall–Kier alpha value is -1.82. The molecule has 0 aromatic heterocycles. The minimum atomic E-state index is -1.10. The standard InChI is InChI=1S/C13H15ClFNO4/c1-2-3-10(13(18)19)16-12(17)7-20-11-5-4-8(15)6-9(11)14/h4-6,10H,2-3,7H2,1H3,(H,16,17)(H,18,19)/t10-/m0/s1. The average Bonchev–Trinajstić information content (AvgIpc) is 2.37. The molecule has 0 spiro atoms. The van der Waals surface area contributed by atoms with Crippen LogP contribution in [0.1, 0.15) is 19.8 Å². The molecule has 0 bridgehead atoms. The highest BCUT2D eigenvalue weighted by Crippen LogP contribution is 2.24. The van der Waals surface area contributed by atoms with Crippen LogP contribution >= 0.6 is 11.6 Å². The van der Waals surface area contributed by atoms with E-state index in [2.05, 4.69) is 5.32 Å². The molecule has 1 aromatic carbocycles. The Morgan fingerprint density at radius 2 is 2.20 bits per heavy atom. The number of rotatable bonds is 7. The molecule has 1 rings (SSSR count). The number of ether oxygens (including phenoxy) is 1. The van der Waals surface area contributed by atoms with Crippen LogP contribution in [0.3, 0.4) is 0 Å². The molecular formula is C13H15ClFNO4. The number of nitrogens with one attached hydrogen (secondary N) is 1. The fourth-order valence-corrected chi connectivity index (χ4v) is 1.74. The number of amides is 1. The first-order chi connectivity index (χ1) is 9.43. The topological polar surface area (TPSA) is 75.6 Å². The van der Waals surface area contributed by atoms with Gasteiger partial charge in [0.05, 0.1) is 5.02 Å². The molecule has 0 fully saturated rings. The van der Waals surface area contributed by atoms with Gasteiger partial charge >= 0.3 is 5.97 Å². The smallest absolute Gasteiger partial charge is 0.326 e. The minimum absolute atomic E-state index is 0.0427. The molecule has 0 saturated carbocycles. The molecule has 0 aliphatic carbocycles. The molecule has 0 unspecified atom stereocenters. The Bertz CT molecular complexity index is 495. The first kappa shape index (κ1) is 16.2. The van der Waals surface area contributed by atoms with Crippen LogP contribution in [0.4, 0.5) is 4.39 Å². The van der Waals surface area contributed by atoms with E-state index in [1.807, 2.05) is 6.92 Å². The van der Waals surface area contributed by atoms with E-state index in [4.69, 9.17) is 21.4 Å². The van der Waals surface area contributed by atoms with E-state index in [0.29, 0.717) is 12.8 Å². The molecule has 0 aliphatic heterocycles. The lowest BCUT2D eigenvalue weighted by Crippen LogP contribution is -2.42. The van der Waals surface area contributed by atoms with Crippen molar-refractivity contribution in [2.75, 3.05) is 6.61 Å². The summed E-state index contributed by atoms with van der Waals surface area (Å²) in [4.78, 5) is 22.4. The Morgan fingerprint density at radius 1 is 1.50 bits per heavy atom. The van der Waals surface area contributed by atoms with Gasteiger partial charge in [0.1, 0.15) is 17.6 Å². The van der Waals surface area contributed by atoms with Gasteiger partial charge in [0, 0.05) is 0 Å². The summed E-state index contributed by atoms with van der Waals surface area (Å²) in [6, 6.07) is 2.56. The number of halogens is 2. The Morgan fingerprint density at radius 3 is 2.75 bits per heavy atom. The summed E-state index contributed by atoms with van der Waals surface area (Å²) in [7, 11) is 0. The Balaban J connectivity index is 2.52. The van der Waals surface area contributed by atoms with E-state index >= 15 is 0 Å². The van der Waals surface area contributed by atoms with Crippen molar-refractivity contribution >= 4 is 23.5 Å². The zero-order valence-corrected chi connectivity index (χ0v) is 11.6. The minimum Gasteiger partial charge on any atom is -0.482 e. The van der Waals surface area contributed by atoms with Gasteiger partial charge in [-0.25, -0.2) is 9.18 Å². The summed E-state index contributed by atoms with van der Waals surface area (Å²) >= 11 is 5.73. The molecule has 5 nitrogen and oxygen atoms in total. The van der Waals surface area contributed by atoms with Gasteiger partial charge < -0.3 is 15.2 Å². The summed E-state index contributed by atoms with van der Waals surface area (Å²) < 4.78 is 17.9. The molecule has 1 atom stereocenters. The number of carbonyl (C=O) groups excluding carboxylic acids is 1. The summed E-state index contributed by atoms with van der Waals surface area (Å²) in [6.45, 7) is 1.43. The van der Waals surface area contributed by atoms with Crippen molar-refractivity contribution in [2.45, 2.75) is 25.8 Å². The average molecular weight is 304 g/mol. The highest BCUT2D eigenvalue weighted by Gasteiger charge is 2.19. The summed E-state index contributed by atoms with van der Waals surface area (Å²) in [5.41, 5.74) is 0. The quantitative estimate of drug-likeness (QED) is 0.810. The van der Waals surface area contributed by atoms with Crippen molar-refractivity contribution < 1.29 is 23.8 Å². The molecule has 110 valence electrons. The number of carboxylic acids is 1. The van der Waals surface area contributed by atoms with Gasteiger partial charge in [-0.1, -0.05) is 24.9 Å². The van der Waals surface area contributed by atoms with Crippen molar-refractivity contribution in [3.8, 4) is 5.75 Å². The third-order valence-electron chi connectivity index (χ3n) is 2.46. The second-order valence-corrected chi connectivity index (χ2v) is 4.52. The molecule has 2 N–H and O–H groups in total. The largest absolute Gasteiger partial charge is 0.482 e. The third kappa shape index (κ3) is 5.05. The van der Waals surface area contributed by atoms with Crippen LogP contribution in [0, 0.1) is 5.82 Å². The number of hydrogen-bond acceptors (Lipinski definition) is 3. The van der Waals surface area contributed by atoms with Crippen LogP contribution in [0.15, 0.2) is 18.2 Å². The Labute approximate surface area is 120 Å². The molecule has 7 heteroatoms. The number of hydrogen-bond donors (Lipinski definition) is 2. The van der Waals surface area contributed by atoms with Gasteiger partial charge in [-0.15, -0.1) is 0 Å². The maximum absolute atomic E-state index is 12.8. The monoisotopic (exact) mass is 303 g/mol. The van der Waals surface area contributed by atoms with E-state index in [9.17, 15) is 14.0 Å².